The lowest BCUT2D eigenvalue weighted by atomic mass is 9.94. The third-order valence-corrected chi connectivity index (χ3v) is 2.12. The van der Waals surface area contributed by atoms with Crippen molar-refractivity contribution >= 4 is 5.97 Å². The molecule has 0 aliphatic carbocycles. The first-order valence-electron chi connectivity index (χ1n) is 3.81. The third kappa shape index (κ3) is 1.74. The maximum absolute atomic E-state index is 11.2. The van der Waals surface area contributed by atoms with Gasteiger partial charge in [0.2, 0.25) is 0 Å². The average Bonchev–Trinajstić information content (AvgIpc) is 2.06. The van der Waals surface area contributed by atoms with Gasteiger partial charge < -0.3 is 4.74 Å². The Morgan fingerprint density at radius 1 is 1.42 bits per heavy atom. The average molecular weight is 177 g/mol. The maximum atomic E-state index is 11.2. The summed E-state index contributed by atoms with van der Waals surface area (Å²) in [5.41, 5.74) is -1.32. The SMILES string of the molecule is CCC(CC)(C(=O)OC)N(O)O. The number of esters is 1. The van der Waals surface area contributed by atoms with Gasteiger partial charge in [-0.1, -0.05) is 19.1 Å². The fraction of sp³-hybridized carbons (Fsp3) is 0.857. The van der Waals surface area contributed by atoms with Gasteiger partial charge in [-0.2, -0.15) is 0 Å². The molecule has 0 aromatic heterocycles. The van der Waals surface area contributed by atoms with Gasteiger partial charge in [-0.15, -0.1) is 0 Å². The molecule has 5 nitrogen and oxygen atoms in total. The lowest BCUT2D eigenvalue weighted by molar-refractivity contribution is -0.358. The molecule has 0 atom stereocenters. The standard InChI is InChI=1S/C7H15NO4/c1-4-7(5-2,8(10)11)6(9)12-3/h10-11H,4-5H2,1-3H3. The highest BCUT2D eigenvalue weighted by atomic mass is 16.8. The zero-order valence-corrected chi connectivity index (χ0v) is 7.57. The molecule has 0 rings (SSSR count). The smallest absolute Gasteiger partial charge is 0.331 e. The van der Waals surface area contributed by atoms with Crippen molar-refractivity contribution < 1.29 is 19.9 Å². The predicted octanol–water partition coefficient (Wildman–Crippen LogP) is 0.799. The molecule has 0 amide bonds. The number of carbonyl (C=O) groups is 1. The van der Waals surface area contributed by atoms with E-state index in [0.29, 0.717) is 0 Å². The summed E-state index contributed by atoms with van der Waals surface area (Å²) in [5.74, 6) is -0.641. The molecule has 0 aromatic rings. The molecule has 0 bridgehead atoms. The van der Waals surface area contributed by atoms with Gasteiger partial charge in [0.1, 0.15) is 0 Å². The molecule has 72 valence electrons. The molecule has 12 heavy (non-hydrogen) atoms. The lowest BCUT2D eigenvalue weighted by Gasteiger charge is -2.30. The fourth-order valence-electron chi connectivity index (χ4n) is 1.09. The Hall–Kier alpha value is -0.650. The molecule has 5 heteroatoms. The van der Waals surface area contributed by atoms with E-state index in [1.807, 2.05) is 0 Å². The minimum Gasteiger partial charge on any atom is -0.467 e. The number of methoxy groups -OCH3 is 1. The van der Waals surface area contributed by atoms with Crippen LogP contribution in [0.25, 0.3) is 0 Å². The first kappa shape index (κ1) is 11.4. The summed E-state index contributed by atoms with van der Waals surface area (Å²) in [6.07, 6.45) is 0.562. The highest BCUT2D eigenvalue weighted by Crippen LogP contribution is 2.22. The Morgan fingerprint density at radius 3 is 1.92 bits per heavy atom. The summed E-state index contributed by atoms with van der Waals surface area (Å²) in [4.78, 5) is 11.2. The van der Waals surface area contributed by atoms with Crippen LogP contribution in [0.3, 0.4) is 0 Å². The molecular formula is C7H15NO4. The van der Waals surface area contributed by atoms with E-state index in [4.69, 9.17) is 10.4 Å². The van der Waals surface area contributed by atoms with Crippen molar-refractivity contribution in [1.82, 2.24) is 5.23 Å². The van der Waals surface area contributed by atoms with E-state index in [-0.39, 0.29) is 18.1 Å². The molecule has 0 aliphatic heterocycles. The zero-order chi connectivity index (χ0) is 9.78. The van der Waals surface area contributed by atoms with Crippen LogP contribution in [-0.2, 0) is 9.53 Å². The predicted molar refractivity (Wildman–Crippen MR) is 40.7 cm³/mol. The summed E-state index contributed by atoms with van der Waals surface area (Å²) >= 11 is 0. The quantitative estimate of drug-likeness (QED) is 0.491. The number of hydrogen-bond donors (Lipinski definition) is 2. The van der Waals surface area contributed by atoms with Crippen molar-refractivity contribution in [1.29, 1.82) is 0 Å². The van der Waals surface area contributed by atoms with Crippen molar-refractivity contribution in [2.24, 2.45) is 0 Å². The van der Waals surface area contributed by atoms with Gasteiger partial charge in [-0.25, -0.2) is 4.79 Å². The highest BCUT2D eigenvalue weighted by molar-refractivity contribution is 5.80. The van der Waals surface area contributed by atoms with Crippen LogP contribution in [0.2, 0.25) is 0 Å². The monoisotopic (exact) mass is 177 g/mol. The number of carbonyl (C=O) groups excluding carboxylic acids is 1. The highest BCUT2D eigenvalue weighted by Gasteiger charge is 2.42. The van der Waals surface area contributed by atoms with Crippen LogP contribution in [0.1, 0.15) is 26.7 Å². The lowest BCUT2D eigenvalue weighted by Crippen LogP contribution is -2.51. The topological polar surface area (TPSA) is 70.0 Å². The van der Waals surface area contributed by atoms with Crippen molar-refractivity contribution in [2.45, 2.75) is 32.2 Å². The number of ether oxygens (including phenoxy) is 1. The molecule has 0 spiro atoms. The van der Waals surface area contributed by atoms with Crippen molar-refractivity contribution in [3.63, 3.8) is 0 Å². The largest absolute Gasteiger partial charge is 0.467 e. The van der Waals surface area contributed by atoms with E-state index in [2.05, 4.69) is 4.74 Å². The molecular weight excluding hydrogens is 162 g/mol. The van der Waals surface area contributed by atoms with Crippen LogP contribution in [0, 0.1) is 0 Å². The second-order valence-corrected chi connectivity index (χ2v) is 2.52. The van der Waals surface area contributed by atoms with E-state index < -0.39 is 11.5 Å². The number of rotatable bonds is 4. The van der Waals surface area contributed by atoms with Crippen molar-refractivity contribution in [3.05, 3.63) is 0 Å². The molecule has 0 aliphatic rings. The van der Waals surface area contributed by atoms with E-state index in [0.717, 1.165) is 0 Å². The Balaban J connectivity index is 4.69. The van der Waals surface area contributed by atoms with Gasteiger partial charge in [0.05, 0.1) is 7.11 Å². The third-order valence-electron chi connectivity index (χ3n) is 2.12. The molecule has 2 N–H and O–H groups in total. The Labute approximate surface area is 71.5 Å². The maximum Gasteiger partial charge on any atom is 0.331 e. The van der Waals surface area contributed by atoms with Crippen LogP contribution >= 0.6 is 0 Å². The van der Waals surface area contributed by atoms with E-state index >= 15 is 0 Å². The minimum atomic E-state index is -1.32. The first-order valence-corrected chi connectivity index (χ1v) is 3.81. The van der Waals surface area contributed by atoms with E-state index in [1.165, 1.54) is 7.11 Å². The second kappa shape index (κ2) is 4.39. The molecule has 0 aromatic carbocycles. The van der Waals surface area contributed by atoms with Gasteiger partial charge in [0.15, 0.2) is 5.54 Å². The zero-order valence-electron chi connectivity index (χ0n) is 7.57. The van der Waals surface area contributed by atoms with Crippen molar-refractivity contribution in [2.75, 3.05) is 7.11 Å². The van der Waals surface area contributed by atoms with Gasteiger partial charge >= 0.3 is 5.97 Å². The first-order chi connectivity index (χ1) is 5.55. The fourth-order valence-corrected chi connectivity index (χ4v) is 1.09. The number of hydroxylamine groups is 2. The van der Waals surface area contributed by atoms with E-state index in [1.54, 1.807) is 13.8 Å². The molecule has 0 saturated heterocycles. The molecule has 0 radical (unpaired) electrons. The molecule has 0 heterocycles. The molecule has 0 fully saturated rings. The van der Waals surface area contributed by atoms with Crippen LogP contribution in [-0.4, -0.2) is 34.3 Å². The van der Waals surface area contributed by atoms with Crippen LogP contribution < -0.4 is 0 Å². The normalized spacial score (nSPS) is 11.8. The summed E-state index contributed by atoms with van der Waals surface area (Å²) in [6.45, 7) is 3.36. The van der Waals surface area contributed by atoms with Crippen molar-refractivity contribution in [3.8, 4) is 0 Å². The summed E-state index contributed by atoms with van der Waals surface area (Å²) in [5, 5.41) is 17.6. The summed E-state index contributed by atoms with van der Waals surface area (Å²) < 4.78 is 4.46. The van der Waals surface area contributed by atoms with Gasteiger partial charge in [0.25, 0.3) is 0 Å². The number of hydrogen-bond acceptors (Lipinski definition) is 5. The molecule has 0 unspecified atom stereocenters. The van der Waals surface area contributed by atoms with Gasteiger partial charge in [0, 0.05) is 0 Å². The summed E-state index contributed by atoms with van der Waals surface area (Å²) in [7, 11) is 1.21. The Morgan fingerprint density at radius 2 is 1.83 bits per heavy atom. The minimum absolute atomic E-state index is 0.0706. The van der Waals surface area contributed by atoms with Crippen LogP contribution in [0.15, 0.2) is 0 Å². The van der Waals surface area contributed by atoms with Gasteiger partial charge in [-0.3, -0.25) is 10.4 Å². The Kier molecular flexibility index (Phi) is 4.16. The van der Waals surface area contributed by atoms with Gasteiger partial charge in [-0.05, 0) is 12.8 Å². The van der Waals surface area contributed by atoms with Crippen LogP contribution in [0.4, 0.5) is 0 Å². The number of nitrogens with zero attached hydrogens (tertiary/aromatic N) is 1. The Bertz CT molecular complexity index is 153. The summed E-state index contributed by atoms with van der Waals surface area (Å²) in [6, 6.07) is 0. The molecule has 0 saturated carbocycles. The second-order valence-electron chi connectivity index (χ2n) is 2.52. The van der Waals surface area contributed by atoms with Crippen LogP contribution in [0.5, 0.6) is 0 Å². The van der Waals surface area contributed by atoms with E-state index in [9.17, 15) is 4.79 Å².